The molecule has 4 aromatic carbocycles. The molecule has 8 heteroatoms. The van der Waals surface area contributed by atoms with Crippen LogP contribution in [0.3, 0.4) is 0 Å². The number of halogens is 1. The molecule has 7 rings (SSSR count). The smallest absolute Gasteiger partial charge is 0.332 e. The summed E-state index contributed by atoms with van der Waals surface area (Å²) in [7, 11) is 0. The molecular weight excluding hydrogens is 519 g/mol. The van der Waals surface area contributed by atoms with Crippen LogP contribution in [0, 0.1) is 5.82 Å². The van der Waals surface area contributed by atoms with Gasteiger partial charge in [-0.15, -0.1) is 0 Å². The van der Waals surface area contributed by atoms with Crippen LogP contribution in [0.1, 0.15) is 38.8 Å². The van der Waals surface area contributed by atoms with E-state index in [0.717, 1.165) is 32.6 Å². The van der Waals surface area contributed by atoms with Gasteiger partial charge in [0.2, 0.25) is 0 Å². The SMILES string of the molecule is O=C(NCc1ccccc1)c1ccccc1N1C(=O)[C@@H]2Cc3c([nH]c4ccccc34)[C@H](c3ccc(F)cc3)N2C1=O. The number of aromatic amines is 1. The molecule has 4 amide bonds. The number of para-hydroxylation sites is 2. The number of anilines is 1. The second kappa shape index (κ2) is 9.75. The van der Waals surface area contributed by atoms with Crippen LogP contribution in [0.4, 0.5) is 14.9 Å². The zero-order valence-electron chi connectivity index (χ0n) is 21.9. The number of aromatic nitrogens is 1. The van der Waals surface area contributed by atoms with Crippen LogP contribution in [0.5, 0.6) is 0 Å². The summed E-state index contributed by atoms with van der Waals surface area (Å²) in [5.41, 5.74) is 4.73. The molecule has 0 aliphatic carbocycles. The van der Waals surface area contributed by atoms with Gasteiger partial charge in [-0.25, -0.2) is 14.1 Å². The van der Waals surface area contributed by atoms with Crippen molar-refractivity contribution in [3.8, 4) is 0 Å². The van der Waals surface area contributed by atoms with E-state index in [1.165, 1.54) is 12.1 Å². The normalized spacial score (nSPS) is 18.0. The molecule has 1 aromatic heterocycles. The summed E-state index contributed by atoms with van der Waals surface area (Å²) in [4.78, 5) is 47.7. The van der Waals surface area contributed by atoms with Crippen molar-refractivity contribution in [2.75, 3.05) is 4.90 Å². The van der Waals surface area contributed by atoms with E-state index in [9.17, 15) is 18.8 Å². The first-order valence-electron chi connectivity index (χ1n) is 13.4. The number of urea groups is 1. The van der Waals surface area contributed by atoms with Crippen molar-refractivity contribution in [2.24, 2.45) is 0 Å². The summed E-state index contributed by atoms with van der Waals surface area (Å²) >= 11 is 0. The van der Waals surface area contributed by atoms with Gasteiger partial charge in [-0.3, -0.25) is 14.5 Å². The number of H-pyrrole nitrogens is 1. The number of benzene rings is 4. The van der Waals surface area contributed by atoms with Crippen LogP contribution < -0.4 is 10.2 Å². The fourth-order valence-electron chi connectivity index (χ4n) is 6.02. The number of nitrogens with zero attached hydrogens (tertiary/aromatic N) is 2. The highest BCUT2D eigenvalue weighted by Crippen LogP contribution is 2.45. The Morgan fingerprint density at radius 2 is 1.59 bits per heavy atom. The van der Waals surface area contributed by atoms with Crippen molar-refractivity contribution in [1.29, 1.82) is 0 Å². The Kier molecular flexibility index (Phi) is 5.89. The summed E-state index contributed by atoms with van der Waals surface area (Å²) in [6.07, 6.45) is 0.320. The van der Waals surface area contributed by atoms with E-state index >= 15 is 0 Å². The molecule has 1 fully saturated rings. The number of nitrogens with one attached hydrogen (secondary N) is 2. The van der Waals surface area contributed by atoms with E-state index in [1.54, 1.807) is 41.3 Å². The Morgan fingerprint density at radius 1 is 0.878 bits per heavy atom. The molecule has 0 spiro atoms. The maximum Gasteiger partial charge on any atom is 0.332 e. The number of rotatable bonds is 5. The summed E-state index contributed by atoms with van der Waals surface area (Å²) < 4.78 is 13.9. The highest BCUT2D eigenvalue weighted by molar-refractivity contribution is 6.24. The fourth-order valence-corrected chi connectivity index (χ4v) is 6.02. The summed E-state index contributed by atoms with van der Waals surface area (Å²) in [6.45, 7) is 0.305. The minimum atomic E-state index is -0.787. The zero-order chi connectivity index (χ0) is 28.1. The number of imide groups is 1. The van der Waals surface area contributed by atoms with Crippen molar-refractivity contribution in [1.82, 2.24) is 15.2 Å². The van der Waals surface area contributed by atoms with Crippen molar-refractivity contribution in [3.05, 3.63) is 137 Å². The molecule has 0 radical (unpaired) electrons. The Morgan fingerprint density at radius 3 is 2.39 bits per heavy atom. The summed E-state index contributed by atoms with van der Waals surface area (Å²) in [5, 5.41) is 3.88. The van der Waals surface area contributed by atoms with Gasteiger partial charge in [0.05, 0.1) is 11.3 Å². The Bertz CT molecular complexity index is 1820. The van der Waals surface area contributed by atoms with Crippen molar-refractivity contribution >= 4 is 34.4 Å². The van der Waals surface area contributed by atoms with Crippen LogP contribution in [-0.4, -0.2) is 33.8 Å². The van der Waals surface area contributed by atoms with Crippen LogP contribution in [0.2, 0.25) is 0 Å². The Balaban J connectivity index is 1.29. The molecule has 0 unspecified atom stereocenters. The fraction of sp³-hybridized carbons (Fsp3) is 0.121. The zero-order valence-corrected chi connectivity index (χ0v) is 21.9. The van der Waals surface area contributed by atoms with Gasteiger partial charge in [0, 0.05) is 29.6 Å². The molecule has 7 nitrogen and oxygen atoms in total. The number of fused-ring (bicyclic) bond motifs is 4. The summed E-state index contributed by atoms with van der Waals surface area (Å²) in [5.74, 6) is -1.18. The molecule has 0 bridgehead atoms. The van der Waals surface area contributed by atoms with Gasteiger partial charge in [0.1, 0.15) is 17.9 Å². The molecule has 2 aliphatic heterocycles. The van der Waals surface area contributed by atoms with E-state index < -0.39 is 24.0 Å². The third-order valence-corrected chi connectivity index (χ3v) is 7.92. The lowest BCUT2D eigenvalue weighted by Crippen LogP contribution is -2.44. The molecular formula is C33H25FN4O3. The lowest BCUT2D eigenvalue weighted by Gasteiger charge is -2.36. The van der Waals surface area contributed by atoms with Crippen molar-refractivity contribution in [2.45, 2.75) is 25.0 Å². The quantitative estimate of drug-likeness (QED) is 0.278. The molecule has 2 N–H and O–H groups in total. The molecule has 2 aliphatic rings. The first-order valence-corrected chi connectivity index (χ1v) is 13.4. The van der Waals surface area contributed by atoms with E-state index in [1.807, 2.05) is 54.6 Å². The average Bonchev–Trinajstić information content (AvgIpc) is 3.50. The minimum Gasteiger partial charge on any atom is -0.356 e. The lowest BCUT2D eigenvalue weighted by molar-refractivity contribution is -0.120. The molecule has 2 atom stereocenters. The molecule has 3 heterocycles. The predicted octanol–water partition coefficient (Wildman–Crippen LogP) is 5.72. The topological polar surface area (TPSA) is 85.5 Å². The van der Waals surface area contributed by atoms with Crippen LogP contribution in [0.15, 0.2) is 103 Å². The average molecular weight is 545 g/mol. The Hall–Kier alpha value is -5.24. The highest BCUT2D eigenvalue weighted by Gasteiger charge is 2.53. The molecule has 0 saturated carbocycles. The van der Waals surface area contributed by atoms with Crippen LogP contribution >= 0.6 is 0 Å². The molecule has 1 saturated heterocycles. The van der Waals surface area contributed by atoms with Gasteiger partial charge < -0.3 is 10.3 Å². The van der Waals surface area contributed by atoms with Crippen molar-refractivity contribution in [3.63, 3.8) is 0 Å². The maximum atomic E-state index is 14.2. The van der Waals surface area contributed by atoms with E-state index in [0.29, 0.717) is 18.5 Å². The first kappa shape index (κ1) is 24.8. The maximum absolute atomic E-state index is 14.2. The highest BCUT2D eigenvalue weighted by atomic mass is 19.1. The van der Waals surface area contributed by atoms with Gasteiger partial charge in [-0.2, -0.15) is 0 Å². The van der Waals surface area contributed by atoms with Gasteiger partial charge in [-0.1, -0.05) is 72.8 Å². The van der Waals surface area contributed by atoms with Crippen molar-refractivity contribution < 1.29 is 18.8 Å². The second-order valence-electron chi connectivity index (χ2n) is 10.3. The van der Waals surface area contributed by atoms with E-state index in [4.69, 9.17) is 0 Å². The van der Waals surface area contributed by atoms with Gasteiger partial charge >= 0.3 is 6.03 Å². The van der Waals surface area contributed by atoms with Gasteiger partial charge in [-0.05, 0) is 47.0 Å². The molecule has 41 heavy (non-hydrogen) atoms. The molecule has 202 valence electrons. The number of carbonyl (C=O) groups excluding carboxylic acids is 3. The number of carbonyl (C=O) groups is 3. The monoisotopic (exact) mass is 544 g/mol. The number of amides is 4. The number of hydrogen-bond donors (Lipinski definition) is 2. The summed E-state index contributed by atoms with van der Waals surface area (Å²) in [6, 6.07) is 28.0. The van der Waals surface area contributed by atoms with Gasteiger partial charge in [0.15, 0.2) is 0 Å². The minimum absolute atomic E-state index is 0.229. The third kappa shape index (κ3) is 4.07. The van der Waals surface area contributed by atoms with E-state index in [-0.39, 0.29) is 23.0 Å². The van der Waals surface area contributed by atoms with E-state index in [2.05, 4.69) is 10.3 Å². The molecule has 5 aromatic rings. The van der Waals surface area contributed by atoms with Crippen LogP contribution in [0.25, 0.3) is 10.9 Å². The largest absolute Gasteiger partial charge is 0.356 e. The number of hydrogen-bond acceptors (Lipinski definition) is 3. The third-order valence-electron chi connectivity index (χ3n) is 7.92. The first-order chi connectivity index (χ1) is 20.0. The Labute approximate surface area is 235 Å². The lowest BCUT2D eigenvalue weighted by atomic mass is 9.89. The van der Waals surface area contributed by atoms with Gasteiger partial charge in [0.25, 0.3) is 11.8 Å². The standard InChI is InChI=1S/C33H25FN4O3/c34-22-16-14-21(15-17-22)30-29-25(23-10-4-6-12-26(23)36-29)18-28-32(40)38(33(41)37(28)30)27-13-7-5-11-24(27)31(39)35-19-20-8-2-1-3-9-20/h1-17,28,30,36H,18-19H2,(H,35,39)/t28-,30-/m0/s1. The predicted molar refractivity (Wildman–Crippen MR) is 153 cm³/mol. The van der Waals surface area contributed by atoms with Crippen LogP contribution in [-0.2, 0) is 17.8 Å². The second-order valence-corrected chi connectivity index (χ2v) is 10.3.